The summed E-state index contributed by atoms with van der Waals surface area (Å²) in [6, 6.07) is 4.10. The second kappa shape index (κ2) is 7.61. The normalized spacial score (nSPS) is 16.7. The molecule has 0 unspecified atom stereocenters. The molecule has 6 heteroatoms. The van der Waals surface area contributed by atoms with E-state index in [-0.39, 0.29) is 5.91 Å². The molecule has 1 aliphatic heterocycles. The van der Waals surface area contributed by atoms with E-state index in [9.17, 15) is 4.79 Å². The summed E-state index contributed by atoms with van der Waals surface area (Å²) < 4.78 is 0. The van der Waals surface area contributed by atoms with Crippen molar-refractivity contribution in [2.45, 2.75) is 39.3 Å². The summed E-state index contributed by atoms with van der Waals surface area (Å²) in [5.74, 6) is 0.918. The Bertz CT molecular complexity index is 487. The molecule has 1 aliphatic rings. The third-order valence-electron chi connectivity index (χ3n) is 3.64. The molecule has 21 heavy (non-hydrogen) atoms. The number of hydrogen-bond acceptors (Lipinski definition) is 4. The van der Waals surface area contributed by atoms with Gasteiger partial charge in [-0.2, -0.15) is 0 Å². The molecule has 1 amide bonds. The number of carbonyl (C=O) groups excluding carboxylic acids is 1. The second-order valence-corrected chi connectivity index (χ2v) is 5.81. The van der Waals surface area contributed by atoms with Crippen LogP contribution in [0.15, 0.2) is 12.1 Å². The van der Waals surface area contributed by atoms with E-state index >= 15 is 0 Å². The molecule has 0 atom stereocenters. The van der Waals surface area contributed by atoms with Gasteiger partial charge in [0.25, 0.3) is 0 Å². The Morgan fingerprint density at radius 3 is 2.76 bits per heavy atom. The van der Waals surface area contributed by atoms with Gasteiger partial charge >= 0.3 is 0 Å². The molecule has 2 N–H and O–H groups in total. The van der Waals surface area contributed by atoms with Crippen LogP contribution >= 0.6 is 11.6 Å². The minimum absolute atomic E-state index is 0.0523. The van der Waals surface area contributed by atoms with Gasteiger partial charge in [-0.15, -0.1) is 0 Å². The highest BCUT2D eigenvalue weighted by Gasteiger charge is 2.20. The average molecular weight is 311 g/mol. The van der Waals surface area contributed by atoms with Gasteiger partial charge in [-0.05, 0) is 31.9 Å². The van der Waals surface area contributed by atoms with Crippen molar-refractivity contribution < 1.29 is 4.79 Å². The zero-order valence-electron chi connectivity index (χ0n) is 12.7. The van der Waals surface area contributed by atoms with Crippen LogP contribution in [0.5, 0.6) is 0 Å². The number of nitrogens with one attached hydrogen (secondary N) is 2. The molecule has 5 nitrogen and oxygen atoms in total. The van der Waals surface area contributed by atoms with E-state index in [1.54, 1.807) is 6.92 Å². The molecular weight excluding hydrogens is 288 g/mol. The van der Waals surface area contributed by atoms with Gasteiger partial charge in [-0.3, -0.25) is 9.69 Å². The lowest BCUT2D eigenvalue weighted by atomic mass is 10.0. The third kappa shape index (κ3) is 4.86. The van der Waals surface area contributed by atoms with Gasteiger partial charge in [0.1, 0.15) is 5.82 Å². The van der Waals surface area contributed by atoms with Crippen molar-refractivity contribution in [3.05, 3.63) is 22.8 Å². The summed E-state index contributed by atoms with van der Waals surface area (Å²) >= 11 is 6.24. The Morgan fingerprint density at radius 1 is 1.43 bits per heavy atom. The smallest absolute Gasteiger partial charge is 0.217 e. The van der Waals surface area contributed by atoms with Crippen LogP contribution < -0.4 is 10.6 Å². The number of nitrogens with zero attached hydrogens (tertiary/aromatic N) is 2. The van der Waals surface area contributed by atoms with Crippen molar-refractivity contribution in [2.24, 2.45) is 0 Å². The van der Waals surface area contributed by atoms with E-state index in [4.69, 9.17) is 11.6 Å². The Balaban J connectivity index is 1.91. The van der Waals surface area contributed by atoms with Crippen LogP contribution in [0.1, 0.15) is 32.4 Å². The van der Waals surface area contributed by atoms with Crippen LogP contribution in [0.25, 0.3) is 0 Å². The number of piperidine rings is 1. The lowest BCUT2D eigenvalue weighted by Gasteiger charge is -2.32. The first kappa shape index (κ1) is 16.0. The summed E-state index contributed by atoms with van der Waals surface area (Å²) in [6.45, 7) is 7.12. The number of halogens is 1. The molecule has 116 valence electrons. The predicted molar refractivity (Wildman–Crippen MR) is 85.5 cm³/mol. The topological polar surface area (TPSA) is 57.3 Å². The number of pyridine rings is 1. The maximum Gasteiger partial charge on any atom is 0.217 e. The highest BCUT2D eigenvalue weighted by Crippen LogP contribution is 2.20. The first-order valence-electron chi connectivity index (χ1n) is 7.47. The largest absolute Gasteiger partial charge is 0.370 e. The number of anilines is 1. The first-order valence-corrected chi connectivity index (χ1v) is 7.85. The molecule has 0 bridgehead atoms. The van der Waals surface area contributed by atoms with Gasteiger partial charge in [0, 0.05) is 39.1 Å². The monoisotopic (exact) mass is 310 g/mol. The molecule has 1 fully saturated rings. The number of rotatable bonds is 5. The highest BCUT2D eigenvalue weighted by molar-refractivity contribution is 6.31. The second-order valence-electron chi connectivity index (χ2n) is 5.41. The molecule has 1 aromatic heterocycles. The maximum absolute atomic E-state index is 11.1. The Labute approximate surface area is 131 Å². The van der Waals surface area contributed by atoms with Crippen LogP contribution in [-0.2, 0) is 11.3 Å². The Kier molecular flexibility index (Phi) is 5.82. The van der Waals surface area contributed by atoms with Crippen LogP contribution in [0.2, 0.25) is 5.02 Å². The van der Waals surface area contributed by atoms with Gasteiger partial charge in [-0.25, -0.2) is 4.98 Å². The summed E-state index contributed by atoms with van der Waals surface area (Å²) in [5, 5.41) is 6.90. The molecule has 1 saturated heterocycles. The van der Waals surface area contributed by atoms with E-state index in [0.717, 1.165) is 50.5 Å². The lowest BCUT2D eigenvalue weighted by molar-refractivity contribution is -0.119. The van der Waals surface area contributed by atoms with Gasteiger partial charge in [0.15, 0.2) is 0 Å². The summed E-state index contributed by atoms with van der Waals surface area (Å²) in [5.41, 5.74) is 0.910. The minimum atomic E-state index is 0.0523. The lowest BCUT2D eigenvalue weighted by Crippen LogP contribution is -2.43. The molecule has 0 spiro atoms. The number of carbonyl (C=O) groups is 1. The number of amides is 1. The van der Waals surface area contributed by atoms with Crippen LogP contribution in [0, 0.1) is 0 Å². The van der Waals surface area contributed by atoms with Crippen LogP contribution in [-0.4, -0.2) is 41.5 Å². The minimum Gasteiger partial charge on any atom is -0.370 e. The number of likely N-dealkylation sites (tertiary alicyclic amines) is 1. The zero-order valence-corrected chi connectivity index (χ0v) is 13.4. The van der Waals surface area contributed by atoms with E-state index in [1.807, 2.05) is 19.1 Å². The summed E-state index contributed by atoms with van der Waals surface area (Å²) in [7, 11) is 0. The quantitative estimate of drug-likeness (QED) is 0.876. The summed E-state index contributed by atoms with van der Waals surface area (Å²) in [4.78, 5) is 18.0. The highest BCUT2D eigenvalue weighted by atomic mass is 35.5. The SMILES string of the molecule is CCNc1ccc(Cl)c(CN2CCC(NC(C)=O)CC2)n1. The van der Waals surface area contributed by atoms with E-state index in [0.29, 0.717) is 11.1 Å². The molecule has 0 aromatic carbocycles. The fourth-order valence-corrected chi connectivity index (χ4v) is 2.77. The van der Waals surface area contributed by atoms with Gasteiger partial charge in [0.05, 0.1) is 10.7 Å². The van der Waals surface area contributed by atoms with E-state index in [2.05, 4.69) is 20.5 Å². The average Bonchev–Trinajstić information content (AvgIpc) is 2.44. The van der Waals surface area contributed by atoms with Crippen LogP contribution in [0.4, 0.5) is 5.82 Å². The zero-order chi connectivity index (χ0) is 15.2. The third-order valence-corrected chi connectivity index (χ3v) is 3.99. The van der Waals surface area contributed by atoms with Crippen molar-refractivity contribution in [3.63, 3.8) is 0 Å². The van der Waals surface area contributed by atoms with Crippen molar-refractivity contribution >= 4 is 23.3 Å². The van der Waals surface area contributed by atoms with Crippen molar-refractivity contribution in [1.29, 1.82) is 0 Å². The maximum atomic E-state index is 11.1. The summed E-state index contributed by atoms with van der Waals surface area (Å²) in [6.07, 6.45) is 1.95. The number of hydrogen-bond donors (Lipinski definition) is 2. The van der Waals surface area contributed by atoms with Crippen LogP contribution in [0.3, 0.4) is 0 Å². The fourth-order valence-electron chi connectivity index (χ4n) is 2.61. The molecule has 2 heterocycles. The first-order chi connectivity index (χ1) is 10.1. The van der Waals surface area contributed by atoms with Gasteiger partial charge < -0.3 is 10.6 Å². The predicted octanol–water partition coefficient (Wildman–Crippen LogP) is 2.27. The van der Waals surface area contributed by atoms with Crippen molar-refractivity contribution in [3.8, 4) is 0 Å². The standard InChI is InChI=1S/C15H23ClN4O/c1-3-17-15-5-4-13(16)14(19-15)10-20-8-6-12(7-9-20)18-11(2)21/h4-5,12H,3,6-10H2,1-2H3,(H,17,19)(H,18,21). The van der Waals surface area contributed by atoms with Gasteiger partial charge in [-0.1, -0.05) is 11.6 Å². The van der Waals surface area contributed by atoms with Crippen molar-refractivity contribution in [2.75, 3.05) is 25.0 Å². The van der Waals surface area contributed by atoms with Crippen molar-refractivity contribution in [1.82, 2.24) is 15.2 Å². The Morgan fingerprint density at radius 2 is 2.14 bits per heavy atom. The molecule has 2 rings (SSSR count). The van der Waals surface area contributed by atoms with E-state index < -0.39 is 0 Å². The Hall–Kier alpha value is -1.33. The fraction of sp³-hybridized carbons (Fsp3) is 0.600. The molecule has 1 aromatic rings. The molecule has 0 saturated carbocycles. The molecule has 0 radical (unpaired) electrons. The molecule has 0 aliphatic carbocycles. The molecular formula is C15H23ClN4O. The van der Waals surface area contributed by atoms with Gasteiger partial charge in [0.2, 0.25) is 5.91 Å². The van der Waals surface area contributed by atoms with E-state index in [1.165, 1.54) is 0 Å². The number of aromatic nitrogens is 1.